The molecule has 70 heavy (non-hydrogen) atoms. The Kier molecular flexibility index (Phi) is 9.94. The van der Waals surface area contributed by atoms with Crippen LogP contribution in [0.25, 0.3) is 0 Å². The van der Waals surface area contributed by atoms with E-state index in [1.165, 1.54) is 98.0 Å². The third-order valence-corrected chi connectivity index (χ3v) is 13.7. The Morgan fingerprint density at radius 2 is 0.786 bits per heavy atom. The molecule has 10 rings (SSSR count). The lowest BCUT2D eigenvalue weighted by Crippen LogP contribution is -2.33. The van der Waals surface area contributed by atoms with Gasteiger partial charge in [-0.25, -0.2) is 14.6 Å². The van der Waals surface area contributed by atoms with E-state index in [9.17, 15) is 57.8 Å². The van der Waals surface area contributed by atoms with E-state index >= 15 is 0 Å². The molecule has 0 saturated carbocycles. The topological polar surface area (TPSA) is 221 Å². The van der Waals surface area contributed by atoms with E-state index in [1.54, 1.807) is 34.6 Å². The molecule has 8 amide bonds. The van der Waals surface area contributed by atoms with E-state index in [-0.39, 0.29) is 84.6 Å². The summed E-state index contributed by atoms with van der Waals surface area (Å²) >= 11 is 0. The molecule has 0 unspecified atom stereocenters. The van der Waals surface area contributed by atoms with Gasteiger partial charge in [-0.3, -0.25) is 57.7 Å². The van der Waals surface area contributed by atoms with Crippen molar-refractivity contribution < 1.29 is 57.8 Å². The highest BCUT2D eigenvalue weighted by atomic mass is 16.4. The number of nitrogens with zero attached hydrogens (tertiary/aromatic N) is 4. The molecule has 4 aliphatic rings. The second-order valence-corrected chi connectivity index (χ2v) is 17.6. The van der Waals surface area contributed by atoms with Crippen LogP contribution in [0.4, 0.5) is 11.4 Å². The minimum atomic E-state index is -1.24. The maximum atomic E-state index is 14.2. The quantitative estimate of drug-likeness (QED) is 0.114. The fraction of sp³-hybridized carbons (Fsp3) is 0.130. The number of fused-ring (bicyclic) bond motifs is 4. The van der Waals surface area contributed by atoms with Gasteiger partial charge in [-0.05, 0) is 135 Å². The van der Waals surface area contributed by atoms with Crippen LogP contribution in [-0.4, -0.2) is 86.7 Å². The average Bonchev–Trinajstić information content (AvgIpc) is 3.93. The van der Waals surface area contributed by atoms with Crippen LogP contribution in [-0.2, 0) is 6.54 Å². The lowest BCUT2D eigenvalue weighted by atomic mass is 9.91. The Morgan fingerprint density at radius 1 is 0.414 bits per heavy atom. The molecule has 6 aromatic carbocycles. The molecule has 0 saturated heterocycles. The maximum absolute atomic E-state index is 14.2. The molecule has 0 aromatic heterocycles. The first-order chi connectivity index (χ1) is 33.2. The monoisotopic (exact) mass is 932 g/mol. The van der Waals surface area contributed by atoms with Gasteiger partial charge < -0.3 is 5.11 Å². The summed E-state index contributed by atoms with van der Waals surface area (Å²) in [6.07, 6.45) is 0. The van der Waals surface area contributed by atoms with Gasteiger partial charge in [0.15, 0.2) is 11.6 Å². The summed E-state index contributed by atoms with van der Waals surface area (Å²) in [4.78, 5) is 151. The minimum absolute atomic E-state index is 0.00722. The van der Waals surface area contributed by atoms with Crippen LogP contribution < -0.4 is 9.80 Å². The Balaban J connectivity index is 0.886. The fourth-order valence-corrected chi connectivity index (χ4v) is 9.73. The Morgan fingerprint density at radius 3 is 1.27 bits per heavy atom. The molecule has 0 fully saturated rings. The standard InChI is InChI=1S/C54H36N4O12/c1-23-15-32(54(69)70)17-33(16-23)57-50(65)36-13-9-30(20-40(36)52(57)67)45(60)29-8-12-35-39(19-29)49(64)56(48(35)63)22-42-24(2)26(4)43(27(5)25(42)3)58-51(66)37-14-10-31(21-41(37)53(58)68)44(59)28-7-11-34-38(18-28)47(62)55(6)46(34)61/h7-21H,22H2,1-6H3,(H,69,70). The molecular formula is C54H36N4O12. The van der Waals surface area contributed by atoms with Gasteiger partial charge in [0.2, 0.25) is 0 Å². The summed E-state index contributed by atoms with van der Waals surface area (Å²) in [6.45, 7) is 8.37. The molecule has 344 valence electrons. The van der Waals surface area contributed by atoms with E-state index in [0.717, 1.165) is 19.6 Å². The second kappa shape index (κ2) is 15.6. The largest absolute Gasteiger partial charge is 0.478 e. The van der Waals surface area contributed by atoms with Gasteiger partial charge in [0.05, 0.1) is 68.0 Å². The summed E-state index contributed by atoms with van der Waals surface area (Å²) in [7, 11) is 1.35. The van der Waals surface area contributed by atoms with Crippen molar-refractivity contribution in [2.75, 3.05) is 16.8 Å². The van der Waals surface area contributed by atoms with Crippen molar-refractivity contribution in [1.29, 1.82) is 0 Å². The Bertz CT molecular complexity index is 3610. The van der Waals surface area contributed by atoms with E-state index < -0.39 is 64.8 Å². The number of carbonyl (C=O) groups is 11. The van der Waals surface area contributed by atoms with Crippen LogP contribution in [0.1, 0.15) is 158 Å². The highest BCUT2D eigenvalue weighted by Crippen LogP contribution is 2.40. The number of aromatic carboxylic acids is 1. The molecule has 6 aromatic rings. The predicted molar refractivity (Wildman–Crippen MR) is 249 cm³/mol. The molecule has 0 radical (unpaired) electrons. The van der Waals surface area contributed by atoms with Crippen molar-refractivity contribution in [3.63, 3.8) is 0 Å². The summed E-state index contributed by atoms with van der Waals surface area (Å²) in [5.41, 5.74) is 4.16. The van der Waals surface area contributed by atoms with Crippen molar-refractivity contribution in [1.82, 2.24) is 9.80 Å². The van der Waals surface area contributed by atoms with Crippen molar-refractivity contribution in [3.8, 4) is 0 Å². The van der Waals surface area contributed by atoms with Gasteiger partial charge in [-0.2, -0.15) is 0 Å². The number of ketones is 2. The predicted octanol–water partition coefficient (Wildman–Crippen LogP) is 7.01. The zero-order chi connectivity index (χ0) is 50.1. The third kappa shape index (κ3) is 6.40. The lowest BCUT2D eigenvalue weighted by molar-refractivity contribution is 0.0635. The first-order valence-corrected chi connectivity index (χ1v) is 21.8. The number of rotatable bonds is 9. The maximum Gasteiger partial charge on any atom is 0.335 e. The molecule has 16 heteroatoms. The SMILES string of the molecule is Cc1cc(C(=O)O)cc(N2C(=O)c3ccc(C(=O)c4ccc5c(c4)C(=O)N(Cc4c(C)c(C)c(N6C(=O)c7ccc(C(=O)c8ccc9c(c8)C(=O)N(C)C9=O)cc7C6=O)c(C)c4C)C5=O)cc3C2=O)c1. The number of hydrogen-bond acceptors (Lipinski definition) is 11. The number of imide groups is 4. The normalized spacial score (nSPS) is 14.8. The Labute approximate surface area is 397 Å². The number of carbonyl (C=O) groups excluding carboxylic acids is 10. The van der Waals surface area contributed by atoms with Crippen molar-refractivity contribution in [2.24, 2.45) is 0 Å². The van der Waals surface area contributed by atoms with E-state index in [1.807, 2.05) is 0 Å². The van der Waals surface area contributed by atoms with Crippen LogP contribution in [0.15, 0.2) is 91.0 Å². The molecule has 0 bridgehead atoms. The van der Waals surface area contributed by atoms with Gasteiger partial charge in [0.1, 0.15) is 0 Å². The number of hydrogen-bond donors (Lipinski definition) is 1. The average molecular weight is 933 g/mol. The molecule has 0 spiro atoms. The van der Waals surface area contributed by atoms with Gasteiger partial charge in [0.25, 0.3) is 47.3 Å². The zero-order valence-electron chi connectivity index (χ0n) is 38.1. The molecule has 0 atom stereocenters. The number of amides is 8. The fourth-order valence-electron chi connectivity index (χ4n) is 9.73. The summed E-state index contributed by atoms with van der Waals surface area (Å²) in [5.74, 6) is -7.40. The molecule has 1 N–H and O–H groups in total. The number of carboxylic acids is 1. The number of aryl methyl sites for hydroxylation is 1. The van der Waals surface area contributed by atoms with Crippen molar-refractivity contribution >= 4 is 76.2 Å². The number of benzene rings is 6. The smallest absolute Gasteiger partial charge is 0.335 e. The first kappa shape index (κ1) is 44.5. The molecule has 4 aliphatic heterocycles. The van der Waals surface area contributed by atoms with Crippen molar-refractivity contribution in [2.45, 2.75) is 41.2 Å². The molecular weight excluding hydrogens is 897 g/mol. The van der Waals surface area contributed by atoms with Crippen LogP contribution in [0, 0.1) is 34.6 Å². The highest BCUT2D eigenvalue weighted by molar-refractivity contribution is 6.36. The van der Waals surface area contributed by atoms with E-state index in [2.05, 4.69) is 0 Å². The number of anilines is 2. The van der Waals surface area contributed by atoms with Gasteiger partial charge in [-0.15, -0.1) is 0 Å². The molecule has 0 aliphatic carbocycles. The second-order valence-electron chi connectivity index (χ2n) is 17.6. The molecule has 16 nitrogen and oxygen atoms in total. The summed E-state index contributed by atoms with van der Waals surface area (Å²) < 4.78 is 0. The van der Waals surface area contributed by atoms with Crippen LogP contribution >= 0.6 is 0 Å². The zero-order valence-corrected chi connectivity index (χ0v) is 38.1. The molecule has 4 heterocycles. The number of carboxylic acid groups (broad SMARTS) is 1. The van der Waals surface area contributed by atoms with Crippen LogP contribution in [0.2, 0.25) is 0 Å². The van der Waals surface area contributed by atoms with Crippen molar-refractivity contribution in [3.05, 3.63) is 197 Å². The lowest BCUT2D eigenvalue weighted by Gasteiger charge is -2.26. The van der Waals surface area contributed by atoms with Crippen LogP contribution in [0.3, 0.4) is 0 Å². The van der Waals surface area contributed by atoms with Gasteiger partial charge >= 0.3 is 5.97 Å². The summed E-state index contributed by atoms with van der Waals surface area (Å²) in [5, 5.41) is 9.54. The highest BCUT2D eigenvalue weighted by Gasteiger charge is 2.42. The first-order valence-electron chi connectivity index (χ1n) is 21.8. The third-order valence-electron chi connectivity index (χ3n) is 13.7. The summed E-state index contributed by atoms with van der Waals surface area (Å²) in [6, 6.07) is 20.5. The van der Waals surface area contributed by atoms with Crippen LogP contribution in [0.5, 0.6) is 0 Å². The Hall–Kier alpha value is -9.31. The van der Waals surface area contributed by atoms with Gasteiger partial charge in [0, 0.05) is 29.3 Å². The van der Waals surface area contributed by atoms with E-state index in [0.29, 0.717) is 39.1 Å². The van der Waals surface area contributed by atoms with Gasteiger partial charge in [-0.1, -0.05) is 24.3 Å². The minimum Gasteiger partial charge on any atom is -0.478 e. The van der Waals surface area contributed by atoms with E-state index in [4.69, 9.17) is 0 Å².